The zero-order valence-corrected chi connectivity index (χ0v) is 3.55. The quantitative estimate of drug-likeness (QED) is 0.272. The van der Waals surface area contributed by atoms with Crippen molar-refractivity contribution in [2.24, 2.45) is 5.84 Å². The van der Waals surface area contributed by atoms with Crippen molar-refractivity contribution in [2.45, 2.75) is 0 Å². The topological polar surface area (TPSA) is 116 Å². The number of hydrogen-bond donors (Lipinski definition) is 1. The van der Waals surface area contributed by atoms with E-state index in [1.807, 2.05) is 0 Å². The van der Waals surface area contributed by atoms with Crippen molar-refractivity contribution in [3.63, 3.8) is 0 Å². The summed E-state index contributed by atoms with van der Waals surface area (Å²) in [6, 6.07) is 0. The minimum atomic E-state index is -1.35. The first kappa shape index (κ1) is 6.56. The standard InChI is InChI=1S/H2N4O4/c1-2(3(5)6)4(7)8/h1H2. The van der Waals surface area contributed by atoms with Crippen LogP contribution in [0.2, 0.25) is 0 Å². The third-order valence-electron chi connectivity index (χ3n) is 0.335. The van der Waals surface area contributed by atoms with Gasteiger partial charge in [-0.05, 0) is 0 Å². The zero-order valence-electron chi connectivity index (χ0n) is 3.55. The highest BCUT2D eigenvalue weighted by Gasteiger charge is 2.19. The van der Waals surface area contributed by atoms with Crippen LogP contribution in [0.5, 0.6) is 0 Å². The third-order valence-corrected chi connectivity index (χ3v) is 0.335. The molecular weight excluding hydrogens is 120 g/mol. The SMILES string of the molecule is NN([N+](=O)[O-])[N+](=O)[O-]. The maximum absolute atomic E-state index is 9.31. The highest BCUT2D eigenvalue weighted by atomic mass is 16.8. The third kappa shape index (κ3) is 1.34. The molecule has 0 rings (SSSR count). The summed E-state index contributed by atoms with van der Waals surface area (Å²) in [7, 11) is 0. The Balaban J connectivity index is 3.83. The van der Waals surface area contributed by atoms with Crippen LogP contribution in [0.3, 0.4) is 0 Å². The molecule has 8 heavy (non-hydrogen) atoms. The monoisotopic (exact) mass is 122 g/mol. The van der Waals surface area contributed by atoms with Crippen molar-refractivity contribution < 1.29 is 10.1 Å². The molecule has 0 fully saturated rings. The van der Waals surface area contributed by atoms with Crippen LogP contribution >= 0.6 is 0 Å². The van der Waals surface area contributed by atoms with Crippen molar-refractivity contribution in [3.8, 4) is 0 Å². The smallest absolute Gasteiger partial charge is 0.229 e. The second-order valence-electron chi connectivity index (χ2n) is 0.796. The van der Waals surface area contributed by atoms with Gasteiger partial charge in [0.1, 0.15) is 0 Å². The van der Waals surface area contributed by atoms with Gasteiger partial charge in [-0.25, -0.2) is 20.2 Å². The molecule has 0 bridgehead atoms. The summed E-state index contributed by atoms with van der Waals surface area (Å²) in [6.45, 7) is 0. The lowest BCUT2D eigenvalue weighted by atomic mass is 12.1. The largest absolute Gasteiger partial charge is 0.251 e. The second kappa shape index (κ2) is 2.02. The zero-order chi connectivity index (χ0) is 6.73. The summed E-state index contributed by atoms with van der Waals surface area (Å²) in [5.74, 6) is 4.19. The lowest BCUT2D eigenvalue weighted by Crippen LogP contribution is -2.41. The van der Waals surface area contributed by atoms with Gasteiger partial charge in [-0.3, -0.25) is 0 Å². The molecule has 0 radical (unpaired) electrons. The van der Waals surface area contributed by atoms with Gasteiger partial charge < -0.3 is 0 Å². The van der Waals surface area contributed by atoms with Gasteiger partial charge in [0, 0.05) is 0 Å². The summed E-state index contributed by atoms with van der Waals surface area (Å²) < 4.78 is 0. The Morgan fingerprint density at radius 3 is 1.50 bits per heavy atom. The van der Waals surface area contributed by atoms with Crippen LogP contribution < -0.4 is 5.84 Å². The van der Waals surface area contributed by atoms with Gasteiger partial charge in [-0.15, -0.1) is 5.84 Å². The highest BCUT2D eigenvalue weighted by Crippen LogP contribution is 1.73. The Morgan fingerprint density at radius 2 is 1.50 bits per heavy atom. The molecule has 0 saturated heterocycles. The summed E-state index contributed by atoms with van der Waals surface area (Å²) >= 11 is 0. The van der Waals surface area contributed by atoms with Crippen molar-refractivity contribution in [3.05, 3.63) is 20.2 Å². The second-order valence-corrected chi connectivity index (χ2v) is 0.796. The number of hydrazine groups is 3. The van der Waals surface area contributed by atoms with Gasteiger partial charge in [-0.2, -0.15) is 0 Å². The summed E-state index contributed by atoms with van der Waals surface area (Å²) in [5.41, 5.74) is 0. The molecule has 0 aromatic carbocycles. The van der Waals surface area contributed by atoms with Crippen molar-refractivity contribution in [1.29, 1.82) is 0 Å². The van der Waals surface area contributed by atoms with Crippen LogP contribution in [-0.2, 0) is 0 Å². The van der Waals surface area contributed by atoms with E-state index in [2.05, 4.69) is 5.84 Å². The highest BCUT2D eigenvalue weighted by molar-refractivity contribution is 3.99. The first-order valence-corrected chi connectivity index (χ1v) is 1.39. The van der Waals surface area contributed by atoms with Crippen LogP contribution in [0, 0.1) is 20.2 Å². The Morgan fingerprint density at radius 1 is 1.25 bits per heavy atom. The number of hydrogen-bond acceptors (Lipinski definition) is 5. The van der Waals surface area contributed by atoms with E-state index >= 15 is 0 Å². The lowest BCUT2D eigenvalue weighted by molar-refractivity contribution is -0.910. The molecule has 0 aromatic rings. The number of nitrogens with zero attached hydrogens (tertiary/aromatic N) is 3. The van der Waals surface area contributed by atoms with Gasteiger partial charge in [0.05, 0.1) is 0 Å². The molecule has 0 aliphatic carbocycles. The van der Waals surface area contributed by atoms with Crippen molar-refractivity contribution >= 4 is 0 Å². The minimum absolute atomic E-state index is 0.722. The summed E-state index contributed by atoms with van der Waals surface area (Å²) in [6.07, 6.45) is 0. The van der Waals surface area contributed by atoms with Gasteiger partial charge in [0.2, 0.25) is 10.1 Å². The van der Waals surface area contributed by atoms with E-state index in [1.165, 1.54) is 0 Å². The van der Waals surface area contributed by atoms with Crippen LogP contribution in [0.1, 0.15) is 0 Å². The minimum Gasteiger partial charge on any atom is -0.229 e. The van der Waals surface area contributed by atoms with Crippen molar-refractivity contribution in [1.82, 2.24) is 5.23 Å². The van der Waals surface area contributed by atoms with Gasteiger partial charge in [0.25, 0.3) is 5.23 Å². The first-order chi connectivity index (χ1) is 3.55. The van der Waals surface area contributed by atoms with E-state index in [4.69, 9.17) is 0 Å². The molecule has 46 valence electrons. The molecule has 0 heterocycles. The van der Waals surface area contributed by atoms with E-state index < -0.39 is 15.3 Å². The molecular formula is H2N4O4. The molecule has 0 unspecified atom stereocenters. The summed E-state index contributed by atoms with van der Waals surface area (Å²) in [4.78, 5) is 18.6. The predicted octanol–water partition coefficient (Wildman–Crippen LogP) is -1.45. The van der Waals surface area contributed by atoms with Crippen LogP contribution in [0.4, 0.5) is 0 Å². The first-order valence-electron chi connectivity index (χ1n) is 1.39. The summed E-state index contributed by atoms with van der Waals surface area (Å²) in [5, 5.41) is 15.2. The van der Waals surface area contributed by atoms with Gasteiger partial charge in [0.15, 0.2) is 0 Å². The van der Waals surface area contributed by atoms with E-state index in [-0.39, 0.29) is 0 Å². The van der Waals surface area contributed by atoms with Crippen molar-refractivity contribution in [2.75, 3.05) is 0 Å². The average Bonchev–Trinajstić information content (AvgIpc) is 1.64. The Labute approximate surface area is 42.7 Å². The molecule has 8 nitrogen and oxygen atoms in total. The molecule has 0 amide bonds. The maximum atomic E-state index is 9.31. The van der Waals surface area contributed by atoms with Gasteiger partial charge in [-0.1, -0.05) is 0 Å². The number of nitrogens with two attached hydrogens (primary N) is 1. The van der Waals surface area contributed by atoms with Crippen LogP contribution in [-0.4, -0.2) is 15.3 Å². The molecule has 0 aliphatic heterocycles. The van der Waals surface area contributed by atoms with Crippen LogP contribution in [0.15, 0.2) is 0 Å². The normalized spacial score (nSPS) is 8.12. The van der Waals surface area contributed by atoms with Crippen LogP contribution in [0.25, 0.3) is 0 Å². The predicted molar refractivity (Wildman–Crippen MR) is 20.0 cm³/mol. The maximum Gasteiger partial charge on any atom is 0.251 e. The van der Waals surface area contributed by atoms with E-state index in [0.29, 0.717) is 0 Å². The molecule has 2 N–H and O–H groups in total. The van der Waals surface area contributed by atoms with E-state index in [9.17, 15) is 20.2 Å². The fourth-order valence-electron chi connectivity index (χ4n) is 0.0596. The molecule has 0 aliphatic rings. The van der Waals surface area contributed by atoms with E-state index in [0.717, 1.165) is 0 Å². The fraction of sp³-hybridized carbons (Fsp3) is 0. The Hall–Kier alpha value is -1.44. The number of rotatable bonds is 2. The number of nitro groups is 2. The average molecular weight is 122 g/mol. The molecule has 8 heteroatoms. The van der Waals surface area contributed by atoms with E-state index in [1.54, 1.807) is 0 Å². The molecule has 0 atom stereocenters. The fourth-order valence-corrected chi connectivity index (χ4v) is 0.0596. The Bertz CT molecular complexity index is 103. The molecule has 0 saturated carbocycles. The molecule has 0 spiro atoms. The lowest BCUT2D eigenvalue weighted by Gasteiger charge is -1.91. The Kier molecular flexibility index (Phi) is 1.66. The van der Waals surface area contributed by atoms with Gasteiger partial charge >= 0.3 is 0 Å². The molecule has 0 aromatic heterocycles.